The Bertz CT molecular complexity index is 186. The zero-order valence-corrected chi connectivity index (χ0v) is 10.8. The number of carbonyl (C=O) groups excluding carboxylic acids is 1. The summed E-state index contributed by atoms with van der Waals surface area (Å²) in [6.07, 6.45) is 2.03. The lowest BCUT2D eigenvalue weighted by molar-refractivity contribution is -0.126. The highest BCUT2D eigenvalue weighted by atomic mass is 32.2. The second-order valence-corrected chi connectivity index (χ2v) is 5.30. The van der Waals surface area contributed by atoms with E-state index in [9.17, 15) is 4.79 Å². The van der Waals surface area contributed by atoms with Gasteiger partial charge in [0.1, 0.15) is 6.61 Å². The lowest BCUT2D eigenvalue weighted by Gasteiger charge is -2.22. The number of thioether (sulfide) groups is 1. The molecule has 0 rings (SSSR count). The minimum Gasteiger partial charge on any atom is -0.382 e. The Morgan fingerprint density at radius 3 is 2.60 bits per heavy atom. The quantitative estimate of drug-likeness (QED) is 0.635. The largest absolute Gasteiger partial charge is 0.382 e. The number of carbonyl (C=O) groups is 1. The van der Waals surface area contributed by atoms with Crippen LogP contribution < -0.4 is 5.32 Å². The predicted octanol–water partition coefficient (Wildman–Crippen LogP) is 0.907. The van der Waals surface area contributed by atoms with Crippen LogP contribution in [0.3, 0.4) is 0 Å². The van der Waals surface area contributed by atoms with Gasteiger partial charge in [0.05, 0.1) is 13.2 Å². The molecule has 0 saturated heterocycles. The van der Waals surface area contributed by atoms with E-state index in [1.807, 2.05) is 6.26 Å². The van der Waals surface area contributed by atoms with Gasteiger partial charge in [-0.1, -0.05) is 0 Å². The summed E-state index contributed by atoms with van der Waals surface area (Å²) >= 11 is 1.73. The van der Waals surface area contributed by atoms with Crippen LogP contribution in [0.5, 0.6) is 0 Å². The number of amides is 1. The van der Waals surface area contributed by atoms with E-state index in [1.54, 1.807) is 18.9 Å². The van der Waals surface area contributed by atoms with E-state index in [0.717, 1.165) is 0 Å². The Hall–Kier alpha value is -0.260. The third-order valence-corrected chi connectivity index (χ3v) is 3.18. The maximum absolute atomic E-state index is 11.3. The van der Waals surface area contributed by atoms with E-state index in [-0.39, 0.29) is 17.3 Å². The minimum atomic E-state index is -0.0757. The van der Waals surface area contributed by atoms with Gasteiger partial charge < -0.3 is 14.8 Å². The van der Waals surface area contributed by atoms with Crippen molar-refractivity contribution in [2.75, 3.05) is 39.7 Å². The van der Waals surface area contributed by atoms with Crippen molar-refractivity contribution >= 4 is 17.7 Å². The number of rotatable bonds is 8. The molecule has 0 aliphatic rings. The first-order valence-electron chi connectivity index (χ1n) is 4.90. The maximum atomic E-state index is 11.3. The van der Waals surface area contributed by atoms with Crippen LogP contribution in [0.25, 0.3) is 0 Å². The average molecular weight is 235 g/mol. The molecule has 0 unspecified atom stereocenters. The van der Waals surface area contributed by atoms with E-state index < -0.39 is 0 Å². The van der Waals surface area contributed by atoms with Gasteiger partial charge in [-0.2, -0.15) is 11.8 Å². The molecule has 0 aromatic heterocycles. The van der Waals surface area contributed by atoms with E-state index in [0.29, 0.717) is 19.8 Å². The summed E-state index contributed by atoms with van der Waals surface area (Å²) in [4.78, 5) is 11.3. The third-order valence-electron chi connectivity index (χ3n) is 1.93. The van der Waals surface area contributed by atoms with Crippen LogP contribution in [0, 0.1) is 0 Å². The molecule has 0 fully saturated rings. The van der Waals surface area contributed by atoms with Gasteiger partial charge in [-0.3, -0.25) is 4.79 Å². The Morgan fingerprint density at radius 1 is 1.40 bits per heavy atom. The van der Waals surface area contributed by atoms with Crippen LogP contribution in [-0.2, 0) is 14.3 Å². The number of hydrogen-bond acceptors (Lipinski definition) is 4. The van der Waals surface area contributed by atoms with Crippen molar-refractivity contribution in [2.24, 2.45) is 0 Å². The van der Waals surface area contributed by atoms with Crippen molar-refractivity contribution in [3.05, 3.63) is 0 Å². The molecule has 0 atom stereocenters. The summed E-state index contributed by atoms with van der Waals surface area (Å²) in [5.41, 5.74) is 0. The minimum absolute atomic E-state index is 0.0716. The molecule has 15 heavy (non-hydrogen) atoms. The van der Waals surface area contributed by atoms with E-state index in [1.165, 1.54) is 0 Å². The number of ether oxygens (including phenoxy) is 2. The van der Waals surface area contributed by atoms with Crippen LogP contribution in [0.15, 0.2) is 0 Å². The number of methoxy groups -OCH3 is 1. The molecular formula is C10H21NO3S. The van der Waals surface area contributed by atoms with Crippen LogP contribution >= 0.6 is 11.8 Å². The van der Waals surface area contributed by atoms with Crippen molar-refractivity contribution in [1.29, 1.82) is 0 Å². The van der Waals surface area contributed by atoms with Crippen LogP contribution in [0.1, 0.15) is 13.8 Å². The van der Waals surface area contributed by atoms with Crippen LogP contribution in [0.4, 0.5) is 0 Å². The first-order valence-corrected chi connectivity index (χ1v) is 6.13. The molecule has 0 aromatic rings. The SMILES string of the molecule is COCCOCC(=O)NCC(C)(C)SC. The van der Waals surface area contributed by atoms with Crippen molar-refractivity contribution in [3.63, 3.8) is 0 Å². The summed E-state index contributed by atoms with van der Waals surface area (Å²) in [6, 6.07) is 0. The molecule has 0 aliphatic heterocycles. The monoisotopic (exact) mass is 235 g/mol. The average Bonchev–Trinajstić information content (AvgIpc) is 2.22. The summed E-state index contributed by atoms with van der Waals surface area (Å²) < 4.78 is 9.96. The molecule has 0 aliphatic carbocycles. The van der Waals surface area contributed by atoms with Crippen molar-refractivity contribution in [1.82, 2.24) is 5.32 Å². The normalized spacial score (nSPS) is 11.5. The van der Waals surface area contributed by atoms with Gasteiger partial charge in [0.2, 0.25) is 5.91 Å². The smallest absolute Gasteiger partial charge is 0.246 e. The highest BCUT2D eigenvalue weighted by Crippen LogP contribution is 2.19. The van der Waals surface area contributed by atoms with Crippen LogP contribution in [0.2, 0.25) is 0 Å². The first kappa shape index (κ1) is 14.7. The second-order valence-electron chi connectivity index (χ2n) is 3.79. The second kappa shape index (κ2) is 7.96. The van der Waals surface area contributed by atoms with E-state index >= 15 is 0 Å². The maximum Gasteiger partial charge on any atom is 0.246 e. The summed E-state index contributed by atoms with van der Waals surface area (Å²) in [7, 11) is 1.60. The fourth-order valence-electron chi connectivity index (χ4n) is 0.742. The molecule has 0 spiro atoms. The summed E-state index contributed by atoms with van der Waals surface area (Å²) in [5, 5.41) is 2.83. The first-order chi connectivity index (χ1) is 7.02. The highest BCUT2D eigenvalue weighted by Gasteiger charge is 2.16. The topological polar surface area (TPSA) is 47.6 Å². The molecule has 1 amide bonds. The molecule has 1 N–H and O–H groups in total. The standard InChI is InChI=1S/C10H21NO3S/c1-10(2,15-4)8-11-9(12)7-14-6-5-13-3/h5-8H2,1-4H3,(H,11,12). The van der Waals surface area contributed by atoms with Crippen molar-refractivity contribution < 1.29 is 14.3 Å². The molecule has 5 heteroatoms. The molecule has 0 saturated carbocycles. The number of hydrogen-bond donors (Lipinski definition) is 1. The van der Waals surface area contributed by atoms with Gasteiger partial charge in [0.25, 0.3) is 0 Å². The lowest BCUT2D eigenvalue weighted by Crippen LogP contribution is -2.38. The molecule has 0 radical (unpaired) electrons. The van der Waals surface area contributed by atoms with E-state index in [2.05, 4.69) is 19.2 Å². The summed E-state index contributed by atoms with van der Waals surface area (Å²) in [6.45, 7) is 5.90. The molecule has 90 valence electrons. The van der Waals surface area contributed by atoms with Gasteiger partial charge >= 0.3 is 0 Å². The molecule has 4 nitrogen and oxygen atoms in total. The fraction of sp³-hybridized carbons (Fsp3) is 0.900. The lowest BCUT2D eigenvalue weighted by atomic mass is 10.2. The third kappa shape index (κ3) is 8.72. The zero-order valence-electron chi connectivity index (χ0n) is 9.96. The van der Waals surface area contributed by atoms with Crippen molar-refractivity contribution in [2.45, 2.75) is 18.6 Å². The van der Waals surface area contributed by atoms with Gasteiger partial charge in [0, 0.05) is 18.4 Å². The van der Waals surface area contributed by atoms with Gasteiger partial charge in [-0.05, 0) is 20.1 Å². The fourth-order valence-corrected chi connectivity index (χ4v) is 0.958. The Labute approximate surface area is 96.1 Å². The Morgan fingerprint density at radius 2 is 2.07 bits per heavy atom. The van der Waals surface area contributed by atoms with Crippen LogP contribution in [-0.4, -0.2) is 50.4 Å². The van der Waals surface area contributed by atoms with Gasteiger partial charge in [0.15, 0.2) is 0 Å². The Balaban J connectivity index is 3.49. The van der Waals surface area contributed by atoms with Crippen molar-refractivity contribution in [3.8, 4) is 0 Å². The molecule has 0 heterocycles. The molecule has 0 bridgehead atoms. The van der Waals surface area contributed by atoms with Gasteiger partial charge in [-0.15, -0.1) is 0 Å². The van der Waals surface area contributed by atoms with E-state index in [4.69, 9.17) is 9.47 Å². The highest BCUT2D eigenvalue weighted by molar-refractivity contribution is 7.99. The summed E-state index contributed by atoms with van der Waals surface area (Å²) in [5.74, 6) is -0.0757. The molecule has 0 aromatic carbocycles. The zero-order chi connectivity index (χ0) is 11.7. The van der Waals surface area contributed by atoms with Gasteiger partial charge in [-0.25, -0.2) is 0 Å². The number of nitrogens with one attached hydrogen (secondary N) is 1. The molecular weight excluding hydrogens is 214 g/mol. The Kier molecular flexibility index (Phi) is 7.82. The predicted molar refractivity (Wildman–Crippen MR) is 63.3 cm³/mol.